The Morgan fingerprint density at radius 2 is 1.82 bits per heavy atom. The number of nitrogens with two attached hydrogens (primary N) is 1. The second-order valence-corrected chi connectivity index (χ2v) is 2.92. The molecule has 0 unspecified atom stereocenters. The molecule has 1 amide bonds. The van der Waals surface area contributed by atoms with E-state index in [1.165, 1.54) is 0 Å². The van der Waals surface area contributed by atoms with Crippen LogP contribution in [0.2, 0.25) is 0 Å². The minimum absolute atomic E-state index is 0. The van der Waals surface area contributed by atoms with E-state index in [4.69, 9.17) is 4.79 Å². The monoisotopic (exact) mass is 191 g/mol. The summed E-state index contributed by atoms with van der Waals surface area (Å²) in [5.74, 6) is -0.243. The van der Waals surface area contributed by atoms with Crippen LogP contribution in [0, 0.1) is 0 Å². The molecular formula is C4H10NNaO4S. The summed E-state index contributed by atoms with van der Waals surface area (Å²) in [5.41, 5.74) is 4.17. The van der Waals surface area contributed by atoms with Crippen molar-refractivity contribution in [1.29, 1.82) is 0 Å². The summed E-state index contributed by atoms with van der Waals surface area (Å²) in [6.07, 6.45) is 0.659. The predicted octanol–water partition coefficient (Wildman–Crippen LogP) is -3.95. The molecule has 0 aromatic carbocycles. The number of primary amides is 1. The van der Waals surface area contributed by atoms with Crippen LogP contribution in [0.4, 0.5) is 0 Å². The molecule has 0 saturated heterocycles. The summed E-state index contributed by atoms with van der Waals surface area (Å²) < 4.78 is 29.0. The number of carbonyl (C=O) groups is 1. The number of rotatable bonds is 2. The van der Waals surface area contributed by atoms with Crippen molar-refractivity contribution in [3.05, 3.63) is 0 Å². The molecular weight excluding hydrogens is 181 g/mol. The Hall–Kier alpha value is 0.380. The first-order chi connectivity index (χ1) is 4.47. The fourth-order valence-corrected chi connectivity index (χ4v) is 0.750. The average Bonchev–Trinajstić information content (AvgIpc) is 1.63. The zero-order valence-corrected chi connectivity index (χ0v) is 9.43. The van der Waals surface area contributed by atoms with Gasteiger partial charge in [0.15, 0.2) is 0 Å². The number of carbonyl (C=O) groups excluding carboxylic acids is 1. The van der Waals surface area contributed by atoms with Crippen molar-refractivity contribution < 1.29 is 47.3 Å². The van der Waals surface area contributed by atoms with Crippen molar-refractivity contribution in [1.82, 2.24) is 0 Å². The summed E-state index contributed by atoms with van der Waals surface area (Å²) >= 11 is 0. The van der Waals surface area contributed by atoms with E-state index in [2.05, 4.69) is 5.73 Å². The molecule has 11 heavy (non-hydrogen) atoms. The molecule has 0 aliphatic heterocycles. The number of hydrogen-bond donors (Lipinski definition) is 1. The Morgan fingerprint density at radius 3 is 1.82 bits per heavy atom. The second-order valence-electron chi connectivity index (χ2n) is 1.40. The maximum absolute atomic E-state index is 9.68. The predicted molar refractivity (Wildman–Crippen MR) is 35.1 cm³/mol. The standard InChI is InChI=1S/C3H8O3S.CH3NO.Na/c1-2-3-7(4,5)6;2-1-3;/h2-3H2,1H3,(H,4,5,6);1H,(H2,2,3);/q;;+1/p-1. The van der Waals surface area contributed by atoms with E-state index in [1.807, 2.05) is 0 Å². The van der Waals surface area contributed by atoms with E-state index < -0.39 is 10.1 Å². The van der Waals surface area contributed by atoms with Crippen LogP contribution < -0.4 is 35.3 Å². The van der Waals surface area contributed by atoms with Gasteiger partial charge in [-0.25, -0.2) is 8.42 Å². The van der Waals surface area contributed by atoms with Gasteiger partial charge in [0.05, 0.1) is 10.1 Å². The first-order valence-corrected chi connectivity index (χ1v) is 4.14. The smallest absolute Gasteiger partial charge is 0.748 e. The van der Waals surface area contributed by atoms with Crippen molar-refractivity contribution >= 4 is 16.5 Å². The summed E-state index contributed by atoms with van der Waals surface area (Å²) in [5, 5.41) is 0. The first-order valence-electron chi connectivity index (χ1n) is 2.56. The van der Waals surface area contributed by atoms with E-state index in [-0.39, 0.29) is 41.7 Å². The van der Waals surface area contributed by atoms with Crippen LogP contribution in [0.25, 0.3) is 0 Å². The van der Waals surface area contributed by atoms with Gasteiger partial charge in [0.1, 0.15) is 0 Å². The van der Waals surface area contributed by atoms with Gasteiger partial charge < -0.3 is 10.3 Å². The van der Waals surface area contributed by atoms with Gasteiger partial charge in [-0.05, 0) is 6.42 Å². The van der Waals surface area contributed by atoms with E-state index in [1.54, 1.807) is 6.92 Å². The third-order valence-corrected chi connectivity index (χ3v) is 1.36. The molecule has 0 heterocycles. The molecule has 0 saturated carbocycles. The fraction of sp³-hybridized carbons (Fsp3) is 0.750. The SMILES string of the molecule is CCCS(=O)(=O)[O-].NC=O.[Na+]. The molecule has 0 aliphatic carbocycles. The van der Waals surface area contributed by atoms with Crippen LogP contribution in [0.5, 0.6) is 0 Å². The average molecular weight is 191 g/mol. The summed E-state index contributed by atoms with van der Waals surface area (Å²) in [7, 11) is -3.92. The van der Waals surface area contributed by atoms with Gasteiger partial charge in [-0.3, -0.25) is 4.79 Å². The molecule has 2 N–H and O–H groups in total. The van der Waals surface area contributed by atoms with E-state index in [0.29, 0.717) is 6.42 Å². The molecule has 0 bridgehead atoms. The molecule has 0 aromatic rings. The second kappa shape index (κ2) is 10.4. The van der Waals surface area contributed by atoms with Gasteiger partial charge in [0.25, 0.3) is 0 Å². The Morgan fingerprint density at radius 1 is 1.55 bits per heavy atom. The van der Waals surface area contributed by atoms with E-state index >= 15 is 0 Å². The molecule has 0 spiro atoms. The largest absolute Gasteiger partial charge is 1.00 e. The van der Waals surface area contributed by atoms with E-state index in [0.717, 1.165) is 0 Å². The van der Waals surface area contributed by atoms with Gasteiger partial charge in [0, 0.05) is 5.75 Å². The van der Waals surface area contributed by atoms with Crippen molar-refractivity contribution in [3.63, 3.8) is 0 Å². The van der Waals surface area contributed by atoms with Gasteiger partial charge in [0.2, 0.25) is 6.41 Å². The fourth-order valence-electron chi connectivity index (χ4n) is 0.250. The summed E-state index contributed by atoms with van der Waals surface area (Å²) in [6.45, 7) is 1.65. The maximum atomic E-state index is 9.68. The third-order valence-electron chi connectivity index (χ3n) is 0.454. The number of hydrogen-bond acceptors (Lipinski definition) is 4. The summed E-state index contributed by atoms with van der Waals surface area (Å²) in [4.78, 5) is 8.58. The minimum atomic E-state index is -3.92. The van der Waals surface area contributed by atoms with Crippen molar-refractivity contribution in [2.45, 2.75) is 13.3 Å². The molecule has 0 rings (SSSR count). The van der Waals surface area contributed by atoms with Gasteiger partial charge in [-0.15, -0.1) is 0 Å². The summed E-state index contributed by atoms with van der Waals surface area (Å²) in [6, 6.07) is 0. The quantitative estimate of drug-likeness (QED) is 0.273. The Bertz CT molecular complexity index is 167. The molecule has 0 fully saturated rings. The van der Waals surface area contributed by atoms with Crippen LogP contribution in [0.3, 0.4) is 0 Å². The Labute approximate surface area is 88.4 Å². The minimum Gasteiger partial charge on any atom is -0.748 e. The van der Waals surface area contributed by atoms with Crippen LogP contribution in [-0.2, 0) is 14.9 Å². The molecule has 0 atom stereocenters. The van der Waals surface area contributed by atoms with Gasteiger partial charge in [-0.2, -0.15) is 0 Å². The topological polar surface area (TPSA) is 100 Å². The van der Waals surface area contributed by atoms with Crippen molar-refractivity contribution in [2.75, 3.05) is 5.75 Å². The van der Waals surface area contributed by atoms with Gasteiger partial charge in [-0.1, -0.05) is 6.92 Å². The Balaban J connectivity index is -0.000000140. The molecule has 7 heteroatoms. The van der Waals surface area contributed by atoms with Crippen LogP contribution >= 0.6 is 0 Å². The molecule has 0 aromatic heterocycles. The molecule has 0 aliphatic rings. The molecule has 62 valence electrons. The van der Waals surface area contributed by atoms with Gasteiger partial charge >= 0.3 is 29.6 Å². The van der Waals surface area contributed by atoms with Crippen molar-refractivity contribution in [3.8, 4) is 0 Å². The van der Waals surface area contributed by atoms with Crippen LogP contribution in [0.1, 0.15) is 13.3 Å². The third kappa shape index (κ3) is 38.0. The van der Waals surface area contributed by atoms with Crippen LogP contribution in [0.15, 0.2) is 0 Å². The van der Waals surface area contributed by atoms with Crippen molar-refractivity contribution in [2.24, 2.45) is 5.73 Å². The molecule has 0 radical (unpaired) electrons. The maximum Gasteiger partial charge on any atom is 1.00 e. The number of amides is 1. The zero-order valence-electron chi connectivity index (χ0n) is 6.61. The zero-order chi connectivity index (χ0) is 8.62. The van der Waals surface area contributed by atoms with Crippen LogP contribution in [-0.4, -0.2) is 25.1 Å². The normalized spacial score (nSPS) is 8.55. The first kappa shape index (κ1) is 17.5. The van der Waals surface area contributed by atoms with E-state index in [9.17, 15) is 13.0 Å². The Kier molecular flexibility index (Phi) is 16.5. The molecule has 5 nitrogen and oxygen atoms in total.